The number of nitrogens with zero attached hydrogens (tertiary/aromatic N) is 1. The number of ether oxygens (including phenoxy) is 2. The molecule has 0 aliphatic heterocycles. The van der Waals surface area contributed by atoms with Gasteiger partial charge in [-0.2, -0.15) is 5.26 Å². The molecule has 0 atom stereocenters. The van der Waals surface area contributed by atoms with Crippen molar-refractivity contribution in [2.75, 3.05) is 13.2 Å². The van der Waals surface area contributed by atoms with Crippen molar-refractivity contribution in [2.24, 2.45) is 0 Å². The molecule has 0 heterocycles. The number of nitriles is 1. The van der Waals surface area contributed by atoms with Gasteiger partial charge in [0.15, 0.2) is 13.2 Å². The Labute approximate surface area is 148 Å². The van der Waals surface area contributed by atoms with Crippen molar-refractivity contribution in [1.82, 2.24) is 0 Å². The molecule has 0 aliphatic carbocycles. The molecule has 0 unspecified atom stereocenters. The molecule has 122 valence electrons. The average molecular weight is 364 g/mol. The SMILES string of the molecule is N#Cc1ccc(OCC(=O)OCC(=O)c2ccc(Cl)cc2Cl)cc1. The fourth-order valence-electron chi connectivity index (χ4n) is 1.75. The minimum atomic E-state index is -0.696. The van der Waals surface area contributed by atoms with Crippen LogP contribution in [0.1, 0.15) is 15.9 Å². The van der Waals surface area contributed by atoms with Crippen molar-refractivity contribution in [3.8, 4) is 11.8 Å². The van der Waals surface area contributed by atoms with Crippen LogP contribution in [0.5, 0.6) is 5.75 Å². The van der Waals surface area contributed by atoms with Crippen LogP contribution < -0.4 is 4.74 Å². The van der Waals surface area contributed by atoms with Gasteiger partial charge in [-0.1, -0.05) is 23.2 Å². The van der Waals surface area contributed by atoms with Crippen LogP contribution in [0.3, 0.4) is 0 Å². The van der Waals surface area contributed by atoms with Crippen LogP contribution in [-0.4, -0.2) is 25.0 Å². The van der Waals surface area contributed by atoms with Gasteiger partial charge in [0.2, 0.25) is 5.78 Å². The number of benzene rings is 2. The Bertz CT molecular complexity index is 797. The van der Waals surface area contributed by atoms with E-state index >= 15 is 0 Å². The normalized spacial score (nSPS) is 9.88. The Morgan fingerprint density at radius 1 is 1.04 bits per heavy atom. The van der Waals surface area contributed by atoms with Gasteiger partial charge in [-0.05, 0) is 42.5 Å². The highest BCUT2D eigenvalue weighted by molar-refractivity contribution is 6.36. The summed E-state index contributed by atoms with van der Waals surface area (Å²) in [6.07, 6.45) is 0. The second-order valence-electron chi connectivity index (χ2n) is 4.63. The van der Waals surface area contributed by atoms with Crippen molar-refractivity contribution in [3.63, 3.8) is 0 Å². The van der Waals surface area contributed by atoms with E-state index in [1.54, 1.807) is 24.3 Å². The lowest BCUT2D eigenvalue weighted by Gasteiger charge is -2.07. The highest BCUT2D eigenvalue weighted by Crippen LogP contribution is 2.21. The lowest BCUT2D eigenvalue weighted by atomic mass is 10.1. The van der Waals surface area contributed by atoms with Crippen molar-refractivity contribution in [3.05, 3.63) is 63.6 Å². The molecule has 7 heteroatoms. The molecule has 0 radical (unpaired) electrons. The average Bonchev–Trinajstić information content (AvgIpc) is 2.58. The van der Waals surface area contributed by atoms with Gasteiger partial charge in [-0.25, -0.2) is 4.79 Å². The number of carbonyl (C=O) groups is 2. The number of esters is 1. The summed E-state index contributed by atoms with van der Waals surface area (Å²) in [5.74, 6) is -0.723. The predicted molar refractivity (Wildman–Crippen MR) is 88.4 cm³/mol. The number of Topliss-reactive ketones (excluding diaryl/α,β-unsaturated/α-hetero) is 1. The molecular formula is C17H11Cl2NO4. The largest absolute Gasteiger partial charge is 0.482 e. The Balaban J connectivity index is 1.82. The van der Waals surface area contributed by atoms with Gasteiger partial charge in [0.1, 0.15) is 5.75 Å². The van der Waals surface area contributed by atoms with E-state index in [0.717, 1.165) is 0 Å². The third kappa shape index (κ3) is 4.98. The predicted octanol–water partition coefficient (Wildman–Crippen LogP) is 3.67. The quantitative estimate of drug-likeness (QED) is 0.577. The van der Waals surface area contributed by atoms with Crippen LogP contribution >= 0.6 is 23.2 Å². The van der Waals surface area contributed by atoms with Crippen LogP contribution in [0.15, 0.2) is 42.5 Å². The summed E-state index contributed by atoms with van der Waals surface area (Å²) in [4.78, 5) is 23.6. The highest BCUT2D eigenvalue weighted by atomic mass is 35.5. The van der Waals surface area contributed by atoms with E-state index in [-0.39, 0.29) is 17.2 Å². The third-order valence-electron chi connectivity index (χ3n) is 2.94. The van der Waals surface area contributed by atoms with Crippen LogP contribution in [-0.2, 0) is 9.53 Å². The molecule has 2 aromatic rings. The zero-order valence-corrected chi connectivity index (χ0v) is 13.8. The first kappa shape index (κ1) is 17.8. The van der Waals surface area contributed by atoms with Crippen LogP contribution in [0.4, 0.5) is 0 Å². The fraction of sp³-hybridized carbons (Fsp3) is 0.118. The van der Waals surface area contributed by atoms with Crippen molar-refractivity contribution < 1.29 is 19.1 Å². The molecule has 5 nitrogen and oxygen atoms in total. The number of hydrogen-bond donors (Lipinski definition) is 0. The van der Waals surface area contributed by atoms with E-state index in [9.17, 15) is 9.59 Å². The lowest BCUT2D eigenvalue weighted by molar-refractivity contribution is -0.144. The van der Waals surface area contributed by atoms with Gasteiger partial charge >= 0.3 is 5.97 Å². The molecule has 0 aliphatic rings. The molecule has 0 N–H and O–H groups in total. The van der Waals surface area contributed by atoms with E-state index < -0.39 is 18.4 Å². The van der Waals surface area contributed by atoms with E-state index in [1.165, 1.54) is 18.2 Å². The number of halogens is 2. The maximum absolute atomic E-state index is 11.9. The van der Waals surface area contributed by atoms with Gasteiger partial charge in [-0.3, -0.25) is 4.79 Å². The second kappa shape index (κ2) is 8.34. The smallest absolute Gasteiger partial charge is 0.344 e. The number of ketones is 1. The molecule has 2 aromatic carbocycles. The second-order valence-corrected chi connectivity index (χ2v) is 5.48. The topological polar surface area (TPSA) is 76.4 Å². The molecule has 0 amide bonds. The minimum absolute atomic E-state index is 0.192. The number of carbonyl (C=O) groups excluding carboxylic acids is 2. The minimum Gasteiger partial charge on any atom is -0.482 e. The first-order valence-electron chi connectivity index (χ1n) is 6.76. The molecule has 0 saturated heterocycles. The summed E-state index contributed by atoms with van der Waals surface area (Å²) in [7, 11) is 0. The van der Waals surface area contributed by atoms with Crippen molar-refractivity contribution in [2.45, 2.75) is 0 Å². The van der Waals surface area contributed by atoms with E-state index in [2.05, 4.69) is 0 Å². The highest BCUT2D eigenvalue weighted by Gasteiger charge is 2.14. The summed E-state index contributed by atoms with van der Waals surface area (Å²) < 4.78 is 10.1. The summed E-state index contributed by atoms with van der Waals surface area (Å²) in [5.41, 5.74) is 0.706. The summed E-state index contributed by atoms with van der Waals surface area (Å²) in [6, 6.07) is 12.6. The van der Waals surface area contributed by atoms with Crippen LogP contribution in [0, 0.1) is 11.3 Å². The first-order valence-corrected chi connectivity index (χ1v) is 7.52. The van der Waals surface area contributed by atoms with Gasteiger partial charge in [-0.15, -0.1) is 0 Å². The Morgan fingerprint density at radius 2 is 1.75 bits per heavy atom. The Kier molecular flexibility index (Phi) is 6.19. The maximum atomic E-state index is 11.9. The van der Waals surface area contributed by atoms with Gasteiger partial charge in [0.05, 0.1) is 16.7 Å². The molecule has 2 rings (SSSR count). The van der Waals surface area contributed by atoms with Gasteiger partial charge in [0.25, 0.3) is 0 Å². The zero-order chi connectivity index (χ0) is 17.5. The third-order valence-corrected chi connectivity index (χ3v) is 3.48. The van der Waals surface area contributed by atoms with E-state index in [1.807, 2.05) is 6.07 Å². The van der Waals surface area contributed by atoms with Crippen molar-refractivity contribution in [1.29, 1.82) is 5.26 Å². The monoisotopic (exact) mass is 363 g/mol. The molecule has 0 fully saturated rings. The van der Waals surface area contributed by atoms with Gasteiger partial charge < -0.3 is 9.47 Å². The molecule has 0 aromatic heterocycles. The molecular weight excluding hydrogens is 353 g/mol. The molecule has 0 spiro atoms. The lowest BCUT2D eigenvalue weighted by Crippen LogP contribution is -2.19. The number of rotatable bonds is 6. The summed E-state index contributed by atoms with van der Waals surface area (Å²) >= 11 is 11.7. The standard InChI is InChI=1S/C17H11Cl2NO4/c18-12-3-6-14(15(19)7-12)16(21)9-24-17(22)10-23-13-4-1-11(8-20)2-5-13/h1-7H,9-10H2. The maximum Gasteiger partial charge on any atom is 0.344 e. The Hall–Kier alpha value is -2.55. The van der Waals surface area contributed by atoms with E-state index in [0.29, 0.717) is 16.3 Å². The van der Waals surface area contributed by atoms with E-state index in [4.69, 9.17) is 37.9 Å². The summed E-state index contributed by atoms with van der Waals surface area (Å²) in [5, 5.41) is 9.28. The van der Waals surface area contributed by atoms with Crippen molar-refractivity contribution >= 4 is 35.0 Å². The van der Waals surface area contributed by atoms with Crippen LogP contribution in [0.25, 0.3) is 0 Å². The molecule has 0 saturated carbocycles. The summed E-state index contributed by atoms with van der Waals surface area (Å²) in [6.45, 7) is -0.801. The molecule has 0 bridgehead atoms. The Morgan fingerprint density at radius 3 is 2.38 bits per heavy atom. The van der Waals surface area contributed by atoms with Gasteiger partial charge in [0, 0.05) is 10.6 Å². The molecule has 24 heavy (non-hydrogen) atoms. The number of hydrogen-bond acceptors (Lipinski definition) is 5. The zero-order valence-electron chi connectivity index (χ0n) is 12.3. The van der Waals surface area contributed by atoms with Crippen LogP contribution in [0.2, 0.25) is 10.0 Å². The fourth-order valence-corrected chi connectivity index (χ4v) is 2.26. The first-order chi connectivity index (χ1) is 11.5.